The monoisotopic (exact) mass is 238 g/mol. The molecule has 17 heavy (non-hydrogen) atoms. The summed E-state index contributed by atoms with van der Waals surface area (Å²) in [5.74, 6) is 0.621. The van der Waals surface area contributed by atoms with Gasteiger partial charge in [-0.25, -0.2) is 0 Å². The van der Waals surface area contributed by atoms with Crippen LogP contribution in [0.3, 0.4) is 0 Å². The van der Waals surface area contributed by atoms with E-state index >= 15 is 0 Å². The van der Waals surface area contributed by atoms with Crippen LogP contribution < -0.4 is 4.74 Å². The van der Waals surface area contributed by atoms with E-state index in [2.05, 4.69) is 4.74 Å². The van der Waals surface area contributed by atoms with Crippen LogP contribution in [-0.2, 0) is 20.9 Å². The van der Waals surface area contributed by atoms with Crippen molar-refractivity contribution in [3.63, 3.8) is 0 Å². The van der Waals surface area contributed by atoms with Crippen LogP contribution in [0.15, 0.2) is 24.3 Å². The van der Waals surface area contributed by atoms with Crippen LogP contribution in [0.4, 0.5) is 0 Å². The highest BCUT2D eigenvalue weighted by Gasteiger charge is 2.00. The maximum absolute atomic E-state index is 10.8. The number of hydrogen-bond acceptors (Lipinski definition) is 4. The summed E-state index contributed by atoms with van der Waals surface area (Å²) >= 11 is 0. The second-order valence-electron chi connectivity index (χ2n) is 3.58. The summed E-state index contributed by atoms with van der Waals surface area (Å²) in [6.45, 7) is 1.07. The molecule has 0 radical (unpaired) electrons. The summed E-state index contributed by atoms with van der Waals surface area (Å²) in [7, 11) is 3.02. The predicted molar refractivity (Wildman–Crippen MR) is 63.9 cm³/mol. The van der Waals surface area contributed by atoms with Gasteiger partial charge in [-0.3, -0.25) is 4.79 Å². The number of carbonyl (C=O) groups excluding carboxylic acids is 1. The first-order chi connectivity index (χ1) is 8.26. The molecule has 0 amide bonds. The molecule has 0 N–H and O–H groups in total. The van der Waals surface area contributed by atoms with Crippen LogP contribution >= 0.6 is 0 Å². The molecule has 0 heterocycles. The van der Waals surface area contributed by atoms with Gasteiger partial charge in [-0.15, -0.1) is 0 Å². The normalized spacial score (nSPS) is 10.0. The quantitative estimate of drug-likeness (QED) is 0.539. The lowest BCUT2D eigenvalue weighted by Crippen LogP contribution is -2.03. The van der Waals surface area contributed by atoms with Gasteiger partial charge in [0.25, 0.3) is 0 Å². The van der Waals surface area contributed by atoms with Crippen molar-refractivity contribution < 1.29 is 19.0 Å². The zero-order valence-corrected chi connectivity index (χ0v) is 10.3. The molecule has 1 aromatic carbocycles. The van der Waals surface area contributed by atoms with E-state index < -0.39 is 0 Å². The van der Waals surface area contributed by atoms with Gasteiger partial charge in [0, 0.05) is 13.0 Å². The van der Waals surface area contributed by atoms with Crippen molar-refractivity contribution in [3.05, 3.63) is 29.8 Å². The summed E-state index contributed by atoms with van der Waals surface area (Å²) < 4.78 is 15.1. The lowest BCUT2D eigenvalue weighted by Gasteiger charge is -2.05. The van der Waals surface area contributed by atoms with Gasteiger partial charge in [-0.05, 0) is 24.1 Å². The van der Waals surface area contributed by atoms with Gasteiger partial charge in [0.2, 0.25) is 0 Å². The van der Waals surface area contributed by atoms with Gasteiger partial charge in [0.15, 0.2) is 0 Å². The number of benzene rings is 1. The van der Waals surface area contributed by atoms with E-state index in [1.54, 1.807) is 7.11 Å². The van der Waals surface area contributed by atoms with E-state index in [9.17, 15) is 4.79 Å². The van der Waals surface area contributed by atoms with E-state index in [0.717, 1.165) is 11.3 Å². The minimum Gasteiger partial charge on any atom is -0.497 e. The molecule has 0 unspecified atom stereocenters. The van der Waals surface area contributed by atoms with Gasteiger partial charge in [0.05, 0.1) is 20.8 Å². The molecule has 1 aromatic rings. The Labute approximate surface area is 101 Å². The Morgan fingerprint density at radius 3 is 2.82 bits per heavy atom. The zero-order chi connectivity index (χ0) is 12.5. The molecule has 1 rings (SSSR count). The van der Waals surface area contributed by atoms with Gasteiger partial charge in [-0.1, -0.05) is 12.1 Å². The van der Waals surface area contributed by atoms with Crippen LogP contribution in [0.2, 0.25) is 0 Å². The summed E-state index contributed by atoms with van der Waals surface area (Å²) in [4.78, 5) is 10.8. The largest absolute Gasteiger partial charge is 0.497 e. The maximum Gasteiger partial charge on any atom is 0.305 e. The van der Waals surface area contributed by atoms with Crippen molar-refractivity contribution in [2.75, 3.05) is 20.8 Å². The second-order valence-corrected chi connectivity index (χ2v) is 3.58. The Bertz CT molecular complexity index is 349. The zero-order valence-electron chi connectivity index (χ0n) is 10.3. The van der Waals surface area contributed by atoms with Crippen LogP contribution in [0.5, 0.6) is 5.75 Å². The van der Waals surface area contributed by atoms with E-state index in [1.807, 2.05) is 24.3 Å². The fourth-order valence-corrected chi connectivity index (χ4v) is 1.37. The number of esters is 1. The highest BCUT2D eigenvalue weighted by Crippen LogP contribution is 2.13. The van der Waals surface area contributed by atoms with E-state index in [1.165, 1.54) is 7.11 Å². The van der Waals surface area contributed by atoms with Gasteiger partial charge < -0.3 is 14.2 Å². The second kappa shape index (κ2) is 7.68. The molecule has 0 spiro atoms. The first-order valence-corrected chi connectivity index (χ1v) is 5.53. The molecule has 4 heteroatoms. The smallest absolute Gasteiger partial charge is 0.305 e. The Morgan fingerprint density at radius 1 is 1.29 bits per heavy atom. The van der Waals surface area contributed by atoms with Crippen LogP contribution in [0, 0.1) is 0 Å². The fraction of sp³-hybridized carbons (Fsp3) is 0.462. The molecule has 0 aromatic heterocycles. The summed E-state index contributed by atoms with van der Waals surface area (Å²) in [5.41, 5.74) is 1.06. The predicted octanol–water partition coefficient (Wildman–Crippen LogP) is 2.17. The van der Waals surface area contributed by atoms with Gasteiger partial charge >= 0.3 is 5.97 Å². The molecule has 0 fully saturated rings. The third-order valence-corrected chi connectivity index (χ3v) is 2.30. The minimum absolute atomic E-state index is 0.199. The van der Waals surface area contributed by atoms with Gasteiger partial charge in [-0.2, -0.15) is 0 Å². The number of ether oxygens (including phenoxy) is 3. The standard InChI is InChI=1S/C13H18O4/c1-15-12-6-3-5-11(9-12)10-17-8-4-7-13(14)16-2/h3,5-6,9H,4,7-8,10H2,1-2H3. The Hall–Kier alpha value is -1.55. The number of hydrogen-bond donors (Lipinski definition) is 0. The third kappa shape index (κ3) is 5.36. The van der Waals surface area contributed by atoms with Crippen LogP contribution in [0.1, 0.15) is 18.4 Å². The highest BCUT2D eigenvalue weighted by atomic mass is 16.5. The summed E-state index contributed by atoms with van der Waals surface area (Å²) in [6, 6.07) is 7.72. The summed E-state index contributed by atoms with van der Waals surface area (Å²) in [6.07, 6.45) is 1.07. The molecular formula is C13H18O4. The number of rotatable bonds is 7. The minimum atomic E-state index is -0.199. The molecule has 0 aliphatic heterocycles. The van der Waals surface area contributed by atoms with Crippen molar-refractivity contribution >= 4 is 5.97 Å². The van der Waals surface area contributed by atoms with E-state index in [4.69, 9.17) is 9.47 Å². The van der Waals surface area contributed by atoms with E-state index in [0.29, 0.717) is 26.1 Å². The lowest BCUT2D eigenvalue weighted by molar-refractivity contribution is -0.141. The first-order valence-electron chi connectivity index (χ1n) is 5.53. The van der Waals surface area contributed by atoms with Gasteiger partial charge in [0.1, 0.15) is 5.75 Å². The highest BCUT2D eigenvalue weighted by molar-refractivity contribution is 5.68. The first kappa shape index (κ1) is 13.5. The number of carbonyl (C=O) groups is 1. The molecule has 94 valence electrons. The Morgan fingerprint density at radius 2 is 2.12 bits per heavy atom. The molecule has 0 saturated heterocycles. The van der Waals surface area contributed by atoms with Crippen molar-refractivity contribution in [1.29, 1.82) is 0 Å². The molecule has 0 atom stereocenters. The average molecular weight is 238 g/mol. The SMILES string of the molecule is COC(=O)CCCOCc1cccc(OC)c1. The van der Waals surface area contributed by atoms with Crippen molar-refractivity contribution in [3.8, 4) is 5.75 Å². The van der Waals surface area contributed by atoms with Crippen molar-refractivity contribution in [2.45, 2.75) is 19.4 Å². The fourth-order valence-electron chi connectivity index (χ4n) is 1.37. The molecule has 0 aliphatic rings. The van der Waals surface area contributed by atoms with Crippen LogP contribution in [-0.4, -0.2) is 26.8 Å². The molecular weight excluding hydrogens is 220 g/mol. The maximum atomic E-state index is 10.8. The van der Waals surface area contributed by atoms with Crippen molar-refractivity contribution in [2.24, 2.45) is 0 Å². The van der Waals surface area contributed by atoms with E-state index in [-0.39, 0.29) is 5.97 Å². The topological polar surface area (TPSA) is 44.8 Å². The summed E-state index contributed by atoms with van der Waals surface area (Å²) in [5, 5.41) is 0. The van der Waals surface area contributed by atoms with Crippen molar-refractivity contribution in [1.82, 2.24) is 0 Å². The molecule has 4 nitrogen and oxygen atoms in total. The Balaban J connectivity index is 2.19. The lowest BCUT2D eigenvalue weighted by atomic mass is 10.2. The molecule has 0 saturated carbocycles. The van der Waals surface area contributed by atoms with Crippen LogP contribution in [0.25, 0.3) is 0 Å². The molecule has 0 bridgehead atoms. The Kier molecular flexibility index (Phi) is 6.10. The third-order valence-electron chi connectivity index (χ3n) is 2.30. The number of methoxy groups -OCH3 is 2. The average Bonchev–Trinajstić information content (AvgIpc) is 2.38. The molecule has 0 aliphatic carbocycles.